The first-order valence-corrected chi connectivity index (χ1v) is 12.5. The lowest BCUT2D eigenvalue weighted by molar-refractivity contribution is -0.123. The molecule has 2 amide bonds. The number of hydrogen-bond acceptors (Lipinski definition) is 8. The summed E-state index contributed by atoms with van der Waals surface area (Å²) in [6, 6.07) is 16.9. The van der Waals surface area contributed by atoms with Gasteiger partial charge in [-0.3, -0.25) is 9.59 Å². The number of nitrogens with one attached hydrogen (secondary N) is 1. The first kappa shape index (κ1) is 27.0. The summed E-state index contributed by atoms with van der Waals surface area (Å²) in [5.74, 6) is -1.02. The molecular formula is C27H26FN3O6S. The van der Waals surface area contributed by atoms with Crippen LogP contribution in [0.5, 0.6) is 17.2 Å². The van der Waals surface area contributed by atoms with Crippen LogP contribution in [-0.2, 0) is 4.79 Å². The second kappa shape index (κ2) is 12.0. The van der Waals surface area contributed by atoms with Gasteiger partial charge in [-0.1, -0.05) is 36.0 Å². The van der Waals surface area contributed by atoms with Gasteiger partial charge in [-0.05, 0) is 49.4 Å². The van der Waals surface area contributed by atoms with Crippen LogP contribution in [0, 0.1) is 5.82 Å². The minimum absolute atomic E-state index is 0.0587. The molecular weight excluding hydrogens is 513 g/mol. The number of amides is 2. The summed E-state index contributed by atoms with van der Waals surface area (Å²) in [7, 11) is 1.44. The third-order valence-corrected chi connectivity index (χ3v) is 6.73. The maximum absolute atomic E-state index is 13.5. The van der Waals surface area contributed by atoms with Gasteiger partial charge in [0.15, 0.2) is 18.1 Å². The molecule has 0 spiro atoms. The number of halogens is 1. The fraction of sp³-hybridized carbons (Fsp3) is 0.222. The molecule has 3 aromatic rings. The second-order valence-electron chi connectivity index (χ2n) is 8.37. The second-order valence-corrected chi connectivity index (χ2v) is 9.44. The number of aliphatic hydroxyl groups excluding tert-OH is 1. The number of para-hydroxylation sites is 2. The smallest absolute Gasteiger partial charge is 0.279 e. The molecule has 1 unspecified atom stereocenters. The monoisotopic (exact) mass is 539 g/mol. The van der Waals surface area contributed by atoms with Crippen molar-refractivity contribution in [1.29, 1.82) is 0 Å². The molecule has 0 aliphatic carbocycles. The molecule has 0 saturated carbocycles. The topological polar surface area (TPSA) is 121 Å². The van der Waals surface area contributed by atoms with Gasteiger partial charge < -0.3 is 25.0 Å². The van der Waals surface area contributed by atoms with Crippen molar-refractivity contribution in [1.82, 2.24) is 10.3 Å². The Hall–Kier alpha value is -4.09. The van der Waals surface area contributed by atoms with Crippen molar-refractivity contribution in [3.8, 4) is 17.2 Å². The highest BCUT2D eigenvalue weighted by Crippen LogP contribution is 2.47. The van der Waals surface area contributed by atoms with E-state index in [4.69, 9.17) is 9.47 Å². The van der Waals surface area contributed by atoms with Crippen LogP contribution in [0.15, 0.2) is 71.8 Å². The minimum Gasteiger partial charge on any atom is -0.507 e. The molecule has 4 rings (SSSR count). The number of aliphatic hydroxyl groups is 1. The third kappa shape index (κ3) is 6.06. The molecule has 1 aliphatic rings. The lowest BCUT2D eigenvalue weighted by Crippen LogP contribution is -2.34. The van der Waals surface area contributed by atoms with Crippen molar-refractivity contribution < 1.29 is 33.7 Å². The van der Waals surface area contributed by atoms with Crippen LogP contribution < -0.4 is 14.8 Å². The van der Waals surface area contributed by atoms with Crippen molar-refractivity contribution >= 4 is 28.6 Å². The number of ether oxygens (including phenoxy) is 2. The Balaban J connectivity index is 1.68. The highest BCUT2D eigenvalue weighted by Gasteiger charge is 2.37. The van der Waals surface area contributed by atoms with E-state index in [9.17, 15) is 24.2 Å². The number of methoxy groups -OCH3 is 1. The predicted octanol–water partition coefficient (Wildman–Crippen LogP) is 3.67. The van der Waals surface area contributed by atoms with Crippen molar-refractivity contribution in [3.63, 3.8) is 0 Å². The predicted molar refractivity (Wildman–Crippen MR) is 141 cm³/mol. The third-order valence-electron chi connectivity index (χ3n) is 5.51. The average Bonchev–Trinajstić information content (AvgIpc) is 3.36. The zero-order chi connectivity index (χ0) is 27.2. The van der Waals surface area contributed by atoms with Gasteiger partial charge >= 0.3 is 0 Å². The Morgan fingerprint density at radius 1 is 1.13 bits per heavy atom. The molecule has 0 radical (unpaired) electrons. The van der Waals surface area contributed by atoms with Gasteiger partial charge in [0.2, 0.25) is 0 Å². The van der Waals surface area contributed by atoms with Gasteiger partial charge in [-0.15, -0.1) is 0 Å². The van der Waals surface area contributed by atoms with Gasteiger partial charge in [-0.2, -0.15) is 5.10 Å². The quantitative estimate of drug-likeness (QED) is 0.380. The Labute approximate surface area is 222 Å². The molecule has 2 atom stereocenters. The van der Waals surface area contributed by atoms with Gasteiger partial charge in [0.1, 0.15) is 22.0 Å². The number of nitrogens with zero attached hydrogens (tertiary/aromatic N) is 2. The number of phenolic OH excluding ortho intramolecular Hbond substituents is 1. The number of rotatable bonds is 9. The molecule has 3 N–H and O–H groups in total. The lowest BCUT2D eigenvalue weighted by atomic mass is 10.1. The average molecular weight is 540 g/mol. The fourth-order valence-corrected chi connectivity index (χ4v) is 4.86. The van der Waals surface area contributed by atoms with E-state index in [0.717, 1.165) is 0 Å². The van der Waals surface area contributed by atoms with Crippen molar-refractivity contribution in [3.05, 3.63) is 89.2 Å². The van der Waals surface area contributed by atoms with Gasteiger partial charge in [0.05, 0.1) is 18.8 Å². The van der Waals surface area contributed by atoms with Crippen molar-refractivity contribution in [2.45, 2.75) is 18.4 Å². The lowest BCUT2D eigenvalue weighted by Gasteiger charge is -2.24. The standard InChI is InChI=1S/C27H26FN3O6S/c1-16(32)14-29-23(34)15-37-22-9-5-7-20(24(22)36-2)27-31(26(35)19-6-3-4-8-21(19)33)30-25(38-27)17-10-12-18(28)13-11-17/h3-13,16,27,32-33H,14-15H2,1-2H3,(H,29,34)/t16-,27?/m0/s1. The molecule has 198 valence electrons. The number of hydrazone groups is 1. The van der Waals surface area contributed by atoms with E-state index in [1.54, 1.807) is 49.4 Å². The maximum atomic E-state index is 13.5. The summed E-state index contributed by atoms with van der Waals surface area (Å²) in [6.07, 6.45) is -0.695. The largest absolute Gasteiger partial charge is 0.507 e. The van der Waals surface area contributed by atoms with Crippen LogP contribution in [0.4, 0.5) is 4.39 Å². The molecule has 1 heterocycles. The van der Waals surface area contributed by atoms with Crippen molar-refractivity contribution in [2.24, 2.45) is 5.10 Å². The summed E-state index contributed by atoms with van der Waals surface area (Å²) in [6.45, 7) is 1.32. The molecule has 9 nitrogen and oxygen atoms in total. The highest BCUT2D eigenvalue weighted by molar-refractivity contribution is 8.14. The molecule has 0 saturated heterocycles. The van der Waals surface area contributed by atoms with Crippen LogP contribution in [0.1, 0.15) is 33.8 Å². The van der Waals surface area contributed by atoms with E-state index in [-0.39, 0.29) is 30.2 Å². The van der Waals surface area contributed by atoms with E-state index in [1.807, 2.05) is 0 Å². The van der Waals surface area contributed by atoms with Gasteiger partial charge in [-0.25, -0.2) is 9.40 Å². The Morgan fingerprint density at radius 3 is 2.55 bits per heavy atom. The zero-order valence-corrected chi connectivity index (χ0v) is 21.4. The molecule has 11 heteroatoms. The minimum atomic E-state index is -0.732. The molecule has 0 fully saturated rings. The molecule has 1 aliphatic heterocycles. The molecule has 38 heavy (non-hydrogen) atoms. The van der Waals surface area contributed by atoms with Crippen LogP contribution >= 0.6 is 11.8 Å². The summed E-state index contributed by atoms with van der Waals surface area (Å²) in [5, 5.41) is 27.7. The van der Waals surface area contributed by atoms with Crippen LogP contribution in [-0.4, -0.2) is 58.4 Å². The number of phenols is 1. The number of hydrogen-bond donors (Lipinski definition) is 3. The van der Waals surface area contributed by atoms with Crippen LogP contribution in [0.3, 0.4) is 0 Å². The highest BCUT2D eigenvalue weighted by atomic mass is 32.2. The molecule has 0 bridgehead atoms. The normalized spacial score (nSPS) is 15.5. The van der Waals surface area contributed by atoms with E-state index in [0.29, 0.717) is 21.9 Å². The Morgan fingerprint density at radius 2 is 1.87 bits per heavy atom. The number of carbonyl (C=O) groups excluding carboxylic acids is 2. The molecule has 3 aromatic carbocycles. The summed E-state index contributed by atoms with van der Waals surface area (Å²) < 4.78 is 24.9. The first-order chi connectivity index (χ1) is 18.3. The van der Waals surface area contributed by atoms with Crippen LogP contribution in [0.2, 0.25) is 0 Å². The van der Waals surface area contributed by atoms with Crippen molar-refractivity contribution in [2.75, 3.05) is 20.3 Å². The fourth-order valence-electron chi connectivity index (χ4n) is 3.69. The number of benzene rings is 3. The maximum Gasteiger partial charge on any atom is 0.279 e. The summed E-state index contributed by atoms with van der Waals surface area (Å²) in [5.41, 5.74) is 1.20. The van der Waals surface area contributed by atoms with Gasteiger partial charge in [0, 0.05) is 17.7 Å². The molecule has 0 aromatic heterocycles. The number of carbonyl (C=O) groups is 2. The summed E-state index contributed by atoms with van der Waals surface area (Å²) in [4.78, 5) is 25.7. The van der Waals surface area contributed by atoms with E-state index >= 15 is 0 Å². The van der Waals surface area contributed by atoms with E-state index in [2.05, 4.69) is 10.4 Å². The van der Waals surface area contributed by atoms with E-state index in [1.165, 1.54) is 48.1 Å². The SMILES string of the molecule is COc1c(OCC(=O)NC[C@H](C)O)cccc1C1SC(c2ccc(F)cc2)=NN1C(=O)c1ccccc1O. The zero-order valence-electron chi connectivity index (χ0n) is 20.6. The van der Waals surface area contributed by atoms with Gasteiger partial charge in [0.25, 0.3) is 11.8 Å². The van der Waals surface area contributed by atoms with Crippen LogP contribution in [0.25, 0.3) is 0 Å². The number of thioether (sulfide) groups is 1. The van der Waals surface area contributed by atoms with E-state index < -0.39 is 29.1 Å². The summed E-state index contributed by atoms with van der Waals surface area (Å²) >= 11 is 1.24. The Bertz CT molecular complexity index is 1350. The Kier molecular flexibility index (Phi) is 8.49. The first-order valence-electron chi connectivity index (χ1n) is 11.7. The number of aromatic hydroxyl groups is 1.